The second-order valence-corrected chi connectivity index (χ2v) is 9.96. The highest BCUT2D eigenvalue weighted by molar-refractivity contribution is 6.37. The van der Waals surface area contributed by atoms with E-state index in [0.29, 0.717) is 11.3 Å². The molecule has 0 atom stereocenters. The molecular formula is C30H36Cl2N4O4. The molecule has 1 N–H and O–H groups in total. The first-order valence-electron chi connectivity index (χ1n) is 13.0. The van der Waals surface area contributed by atoms with Crippen molar-refractivity contribution in [2.75, 3.05) is 0 Å². The molecule has 8 nitrogen and oxygen atoms in total. The average Bonchev–Trinajstić information content (AvgIpc) is 2.88. The molecule has 0 amide bonds. The topological polar surface area (TPSA) is 118 Å². The number of carbonyl (C=O) groups is 1. The van der Waals surface area contributed by atoms with Crippen molar-refractivity contribution in [2.45, 2.75) is 68.2 Å². The largest absolute Gasteiger partial charge is 0.454 e. The number of halogens is 2. The number of aromatic nitrogens is 3. The van der Waals surface area contributed by atoms with Gasteiger partial charge in [-0.3, -0.25) is 14.6 Å². The molecule has 0 saturated heterocycles. The van der Waals surface area contributed by atoms with Crippen LogP contribution in [0.5, 0.6) is 11.5 Å². The van der Waals surface area contributed by atoms with Crippen molar-refractivity contribution < 1.29 is 9.53 Å². The van der Waals surface area contributed by atoms with Crippen molar-refractivity contribution >= 4 is 34.6 Å². The van der Waals surface area contributed by atoms with E-state index >= 15 is 0 Å². The SMILES string of the molecule is CC.CC(C)C.CCC/C=C(/C(C)=O)c1cc(Oc2c(Cl)cc(-n3nc(C#N)c(=O)[nH]c3=O)cc2Cl)ccc1C. The first kappa shape index (κ1) is 34.4. The smallest absolute Gasteiger partial charge is 0.349 e. The summed E-state index contributed by atoms with van der Waals surface area (Å²) >= 11 is 12.8. The molecule has 0 bridgehead atoms. The molecule has 2 aromatic carbocycles. The fourth-order valence-electron chi connectivity index (χ4n) is 3.22. The molecule has 0 spiro atoms. The normalized spacial score (nSPS) is 10.6. The van der Waals surface area contributed by atoms with Gasteiger partial charge in [-0.1, -0.05) is 83.3 Å². The Hall–Kier alpha value is -3.67. The van der Waals surface area contributed by atoms with Gasteiger partial charge in [-0.05, 0) is 61.6 Å². The third-order valence-corrected chi connectivity index (χ3v) is 5.46. The summed E-state index contributed by atoms with van der Waals surface area (Å²) in [7, 11) is 0. The first-order chi connectivity index (χ1) is 18.9. The highest BCUT2D eigenvalue weighted by Crippen LogP contribution is 2.39. The molecule has 214 valence electrons. The van der Waals surface area contributed by atoms with Gasteiger partial charge in [-0.25, -0.2) is 4.79 Å². The maximum atomic E-state index is 12.2. The van der Waals surface area contributed by atoms with Gasteiger partial charge in [0.1, 0.15) is 11.8 Å². The van der Waals surface area contributed by atoms with Gasteiger partial charge in [-0.2, -0.15) is 9.94 Å². The monoisotopic (exact) mass is 586 g/mol. The lowest BCUT2D eigenvalue weighted by atomic mass is 9.96. The maximum absolute atomic E-state index is 12.2. The van der Waals surface area contributed by atoms with Crippen molar-refractivity contribution in [3.63, 3.8) is 0 Å². The number of rotatable bonds is 7. The molecule has 3 aromatic rings. The van der Waals surface area contributed by atoms with Gasteiger partial charge in [0.15, 0.2) is 11.5 Å². The molecule has 0 aliphatic heterocycles. The number of benzene rings is 2. The number of aromatic amines is 1. The first-order valence-corrected chi connectivity index (χ1v) is 13.8. The summed E-state index contributed by atoms with van der Waals surface area (Å²) < 4.78 is 6.74. The number of aryl methyl sites for hydroxylation is 1. The van der Waals surface area contributed by atoms with Crippen LogP contribution in [0.2, 0.25) is 10.0 Å². The molecule has 0 unspecified atom stereocenters. The Balaban J connectivity index is 0.00000122. The number of carbonyl (C=O) groups excluding carboxylic acids is 1. The van der Waals surface area contributed by atoms with Gasteiger partial charge in [-0.15, -0.1) is 5.10 Å². The Morgan fingerprint density at radius 2 is 1.73 bits per heavy atom. The van der Waals surface area contributed by atoms with Gasteiger partial charge < -0.3 is 4.74 Å². The molecule has 0 saturated carbocycles. The van der Waals surface area contributed by atoms with Gasteiger partial charge in [0.2, 0.25) is 5.69 Å². The van der Waals surface area contributed by atoms with E-state index in [1.165, 1.54) is 19.1 Å². The van der Waals surface area contributed by atoms with Crippen LogP contribution in [-0.4, -0.2) is 20.5 Å². The Labute approximate surface area is 245 Å². The zero-order valence-corrected chi connectivity index (χ0v) is 25.7. The minimum atomic E-state index is -0.894. The van der Waals surface area contributed by atoms with E-state index < -0.39 is 16.9 Å². The molecule has 0 radical (unpaired) electrons. The Morgan fingerprint density at radius 3 is 2.23 bits per heavy atom. The van der Waals surface area contributed by atoms with Crippen LogP contribution in [0, 0.1) is 24.2 Å². The van der Waals surface area contributed by atoms with Crippen molar-refractivity contribution in [1.29, 1.82) is 5.26 Å². The van der Waals surface area contributed by atoms with E-state index in [1.54, 1.807) is 18.2 Å². The summed E-state index contributed by atoms with van der Waals surface area (Å²) in [6.07, 6.45) is 3.59. The summed E-state index contributed by atoms with van der Waals surface area (Å²) in [5.74, 6) is 1.32. The summed E-state index contributed by atoms with van der Waals surface area (Å²) in [5.41, 5.74) is 0.152. The zero-order chi connectivity index (χ0) is 30.6. The van der Waals surface area contributed by atoms with E-state index in [9.17, 15) is 14.4 Å². The van der Waals surface area contributed by atoms with Gasteiger partial charge in [0.05, 0.1) is 15.7 Å². The number of nitriles is 1. The van der Waals surface area contributed by atoms with E-state index in [4.69, 9.17) is 33.2 Å². The van der Waals surface area contributed by atoms with E-state index in [1.807, 2.05) is 44.8 Å². The highest BCUT2D eigenvalue weighted by Gasteiger charge is 2.17. The Morgan fingerprint density at radius 1 is 1.15 bits per heavy atom. The Bertz CT molecular complexity index is 1490. The van der Waals surface area contributed by atoms with Gasteiger partial charge in [0, 0.05) is 5.57 Å². The average molecular weight is 588 g/mol. The molecule has 0 aliphatic carbocycles. The molecule has 0 fully saturated rings. The van der Waals surface area contributed by atoms with E-state index in [-0.39, 0.29) is 27.3 Å². The fraction of sp³-hybridized carbons (Fsp3) is 0.367. The van der Waals surface area contributed by atoms with Crippen LogP contribution < -0.4 is 16.0 Å². The molecular weight excluding hydrogens is 551 g/mol. The van der Waals surface area contributed by atoms with Crippen molar-refractivity contribution in [2.24, 2.45) is 5.92 Å². The predicted octanol–water partition coefficient (Wildman–Crippen LogP) is 7.66. The molecule has 10 heteroatoms. The van der Waals surface area contributed by atoms with Crippen LogP contribution in [-0.2, 0) is 4.79 Å². The number of ketones is 1. The zero-order valence-electron chi connectivity index (χ0n) is 24.2. The lowest BCUT2D eigenvalue weighted by Gasteiger charge is -2.14. The second kappa shape index (κ2) is 16.4. The number of hydrogen-bond donors (Lipinski definition) is 1. The van der Waals surface area contributed by atoms with Crippen LogP contribution >= 0.6 is 23.2 Å². The van der Waals surface area contributed by atoms with Crippen LogP contribution in [0.1, 0.15) is 78.1 Å². The van der Waals surface area contributed by atoms with Crippen molar-refractivity contribution in [1.82, 2.24) is 14.8 Å². The number of nitrogens with one attached hydrogen (secondary N) is 1. The standard InChI is InChI=1S/C24H20Cl2N4O4.C4H10.C2H6/c1-4-5-6-17(14(3)31)18-11-16(8-7-13(18)2)34-22-19(25)9-15(10-20(22)26)30-24(33)28-23(32)21(12-27)29-30;1-4(2)3;1-2/h6-11H,4-5H2,1-3H3,(H,28,32,33);4H,1-3H3;1-2H3/b17-6-;;. The van der Waals surface area contributed by atoms with Crippen molar-refractivity contribution in [3.8, 4) is 23.3 Å². The third kappa shape index (κ3) is 9.51. The fourth-order valence-corrected chi connectivity index (χ4v) is 3.77. The minimum Gasteiger partial charge on any atom is -0.454 e. The van der Waals surface area contributed by atoms with Crippen LogP contribution in [0.3, 0.4) is 0 Å². The maximum Gasteiger partial charge on any atom is 0.349 e. The number of nitrogens with zero attached hydrogens (tertiary/aromatic N) is 3. The number of ether oxygens (including phenoxy) is 1. The minimum absolute atomic E-state index is 0.0512. The van der Waals surface area contributed by atoms with E-state index in [2.05, 4.69) is 25.9 Å². The summed E-state index contributed by atoms with van der Waals surface area (Å²) in [6, 6.07) is 9.65. The van der Waals surface area contributed by atoms with Crippen LogP contribution in [0.15, 0.2) is 46.0 Å². The molecule has 40 heavy (non-hydrogen) atoms. The number of allylic oxidation sites excluding steroid dienone is 2. The number of H-pyrrole nitrogens is 1. The predicted molar refractivity (Wildman–Crippen MR) is 162 cm³/mol. The summed E-state index contributed by atoms with van der Waals surface area (Å²) in [5, 5.41) is 12.9. The quantitative estimate of drug-likeness (QED) is 0.284. The molecule has 0 aliphatic rings. The van der Waals surface area contributed by atoms with Crippen molar-refractivity contribution in [3.05, 3.63) is 84.1 Å². The number of hydrogen-bond acceptors (Lipinski definition) is 6. The van der Waals surface area contributed by atoms with Gasteiger partial charge >= 0.3 is 5.69 Å². The van der Waals surface area contributed by atoms with Gasteiger partial charge in [0.25, 0.3) is 5.56 Å². The second-order valence-electron chi connectivity index (χ2n) is 9.14. The molecule has 1 heterocycles. The Kier molecular flexibility index (Phi) is 14.1. The van der Waals surface area contributed by atoms with Crippen LogP contribution in [0.25, 0.3) is 11.3 Å². The molecule has 1 aromatic heterocycles. The number of unbranched alkanes of at least 4 members (excludes halogenated alkanes) is 1. The lowest BCUT2D eigenvalue weighted by Crippen LogP contribution is -2.33. The molecule has 3 rings (SSSR count). The highest BCUT2D eigenvalue weighted by atomic mass is 35.5. The van der Waals surface area contributed by atoms with E-state index in [0.717, 1.165) is 34.6 Å². The van der Waals surface area contributed by atoms with Crippen LogP contribution in [0.4, 0.5) is 0 Å². The third-order valence-electron chi connectivity index (χ3n) is 4.90. The summed E-state index contributed by atoms with van der Waals surface area (Å²) in [6.45, 7) is 16.0. The lowest BCUT2D eigenvalue weighted by molar-refractivity contribution is -0.111. The summed E-state index contributed by atoms with van der Waals surface area (Å²) in [4.78, 5) is 38.0. The number of Topliss-reactive ketones (excluding diaryl/α,β-unsaturated/α-hetero) is 1.